The molecular formula is C28H36FN3O5. The van der Waals surface area contributed by atoms with Crippen molar-refractivity contribution < 1.29 is 28.8 Å². The van der Waals surface area contributed by atoms with Crippen molar-refractivity contribution in [1.82, 2.24) is 14.5 Å². The van der Waals surface area contributed by atoms with Crippen LogP contribution in [0.2, 0.25) is 0 Å². The number of aryl methyl sites for hydroxylation is 3. The highest BCUT2D eigenvalue weighted by Gasteiger charge is 2.42. The molecule has 0 radical (unpaired) electrons. The van der Waals surface area contributed by atoms with E-state index >= 15 is 0 Å². The summed E-state index contributed by atoms with van der Waals surface area (Å²) in [6.07, 6.45) is 4.07. The van der Waals surface area contributed by atoms with Gasteiger partial charge in [0.25, 0.3) is 0 Å². The first-order valence-electron chi connectivity index (χ1n) is 12.6. The molecule has 2 aromatic carbocycles. The molecule has 2 atom stereocenters. The molecule has 0 saturated carbocycles. The zero-order valence-corrected chi connectivity index (χ0v) is 21.7. The molecule has 0 aliphatic carbocycles. The second-order valence-electron chi connectivity index (χ2n) is 9.67. The van der Waals surface area contributed by atoms with Crippen LogP contribution in [0.4, 0.5) is 4.39 Å². The summed E-state index contributed by atoms with van der Waals surface area (Å²) >= 11 is 0. The Labute approximate surface area is 217 Å². The van der Waals surface area contributed by atoms with Crippen molar-refractivity contribution in [3.63, 3.8) is 0 Å². The smallest absolute Gasteiger partial charge is 0.161 e. The molecule has 0 spiro atoms. The van der Waals surface area contributed by atoms with Crippen LogP contribution in [0.1, 0.15) is 29.8 Å². The van der Waals surface area contributed by atoms with Crippen LogP contribution in [0.3, 0.4) is 0 Å². The van der Waals surface area contributed by atoms with Crippen LogP contribution in [0.25, 0.3) is 0 Å². The SMILES string of the molecule is COc1ccc(CN2CC[C@H](O)[C@@](O)(COc3ccc(F)c(C)c3)C2)cc1OCCCn1ccnc1C. The minimum Gasteiger partial charge on any atom is -0.493 e. The number of aliphatic hydroxyl groups is 2. The van der Waals surface area contributed by atoms with Crippen LogP contribution >= 0.6 is 0 Å². The van der Waals surface area contributed by atoms with Gasteiger partial charge in [0.2, 0.25) is 0 Å². The first-order valence-corrected chi connectivity index (χ1v) is 12.6. The van der Waals surface area contributed by atoms with E-state index in [1.165, 1.54) is 12.1 Å². The highest BCUT2D eigenvalue weighted by molar-refractivity contribution is 5.43. The molecule has 37 heavy (non-hydrogen) atoms. The molecule has 8 nitrogen and oxygen atoms in total. The van der Waals surface area contributed by atoms with Crippen LogP contribution in [-0.2, 0) is 13.1 Å². The van der Waals surface area contributed by atoms with Gasteiger partial charge < -0.3 is 29.0 Å². The van der Waals surface area contributed by atoms with Gasteiger partial charge in [-0.15, -0.1) is 0 Å². The summed E-state index contributed by atoms with van der Waals surface area (Å²) in [6.45, 7) is 6.33. The Morgan fingerprint density at radius 2 is 1.97 bits per heavy atom. The van der Waals surface area contributed by atoms with Crippen molar-refractivity contribution in [3.8, 4) is 17.2 Å². The third-order valence-electron chi connectivity index (χ3n) is 6.81. The summed E-state index contributed by atoms with van der Waals surface area (Å²) in [5, 5.41) is 21.8. The van der Waals surface area contributed by atoms with Crippen LogP contribution in [0.15, 0.2) is 48.8 Å². The van der Waals surface area contributed by atoms with E-state index in [2.05, 4.69) is 14.5 Å². The van der Waals surface area contributed by atoms with E-state index in [4.69, 9.17) is 14.2 Å². The highest BCUT2D eigenvalue weighted by atomic mass is 19.1. The van der Waals surface area contributed by atoms with Gasteiger partial charge in [-0.3, -0.25) is 4.90 Å². The highest BCUT2D eigenvalue weighted by Crippen LogP contribution is 2.30. The number of imidazole rings is 1. The van der Waals surface area contributed by atoms with E-state index in [-0.39, 0.29) is 19.0 Å². The van der Waals surface area contributed by atoms with Gasteiger partial charge in [0.1, 0.15) is 29.6 Å². The van der Waals surface area contributed by atoms with Gasteiger partial charge in [-0.25, -0.2) is 9.37 Å². The Hall–Kier alpha value is -3.14. The molecule has 1 fully saturated rings. The number of nitrogens with zero attached hydrogens (tertiary/aromatic N) is 3. The number of hydrogen-bond donors (Lipinski definition) is 2. The quantitative estimate of drug-likeness (QED) is 0.380. The van der Waals surface area contributed by atoms with Crippen LogP contribution in [0.5, 0.6) is 17.2 Å². The largest absolute Gasteiger partial charge is 0.493 e. The van der Waals surface area contributed by atoms with E-state index in [1.807, 2.05) is 31.3 Å². The lowest BCUT2D eigenvalue weighted by molar-refractivity contribution is -0.140. The first-order chi connectivity index (χ1) is 17.8. The Morgan fingerprint density at radius 1 is 1.14 bits per heavy atom. The number of piperidine rings is 1. The molecule has 3 aromatic rings. The molecule has 1 aliphatic rings. The molecule has 0 amide bonds. The number of rotatable bonds is 11. The number of benzene rings is 2. The molecule has 2 heterocycles. The molecule has 0 unspecified atom stereocenters. The summed E-state index contributed by atoms with van der Waals surface area (Å²) in [7, 11) is 1.62. The number of aliphatic hydroxyl groups excluding tert-OH is 1. The van der Waals surface area contributed by atoms with E-state index in [1.54, 1.807) is 26.3 Å². The molecule has 9 heteroatoms. The molecule has 200 valence electrons. The van der Waals surface area contributed by atoms with Gasteiger partial charge in [0.15, 0.2) is 11.5 Å². The fourth-order valence-corrected chi connectivity index (χ4v) is 4.58. The number of methoxy groups -OCH3 is 1. The molecule has 1 aliphatic heterocycles. The van der Waals surface area contributed by atoms with Crippen LogP contribution in [-0.4, -0.2) is 69.8 Å². The molecule has 4 rings (SSSR count). The summed E-state index contributed by atoms with van der Waals surface area (Å²) in [5.74, 6) is 2.45. The minimum absolute atomic E-state index is 0.0941. The monoisotopic (exact) mass is 513 g/mol. The number of aromatic nitrogens is 2. The zero-order chi connectivity index (χ0) is 26.4. The number of β-amino-alcohol motifs (C(OH)–C–C–N with tert-alkyl or cyclic N) is 1. The fraction of sp³-hybridized carbons (Fsp3) is 0.464. The predicted molar refractivity (Wildman–Crippen MR) is 138 cm³/mol. The molecule has 0 bridgehead atoms. The van der Waals surface area contributed by atoms with Gasteiger partial charge >= 0.3 is 0 Å². The third kappa shape index (κ3) is 6.80. The maximum absolute atomic E-state index is 13.6. The van der Waals surface area contributed by atoms with Crippen molar-refractivity contribution in [2.24, 2.45) is 0 Å². The van der Waals surface area contributed by atoms with Gasteiger partial charge in [-0.1, -0.05) is 6.07 Å². The Bertz CT molecular complexity index is 1190. The predicted octanol–water partition coefficient (Wildman–Crippen LogP) is 3.49. The van der Waals surface area contributed by atoms with Gasteiger partial charge in [-0.2, -0.15) is 0 Å². The molecule has 1 saturated heterocycles. The van der Waals surface area contributed by atoms with Crippen molar-refractivity contribution in [2.75, 3.05) is 33.4 Å². The summed E-state index contributed by atoms with van der Waals surface area (Å²) < 4.78 is 32.9. The van der Waals surface area contributed by atoms with E-state index in [0.717, 1.165) is 24.4 Å². The topological polar surface area (TPSA) is 89.2 Å². The van der Waals surface area contributed by atoms with E-state index < -0.39 is 11.7 Å². The van der Waals surface area contributed by atoms with Crippen molar-refractivity contribution >= 4 is 0 Å². The van der Waals surface area contributed by atoms with E-state index in [9.17, 15) is 14.6 Å². The van der Waals surface area contributed by atoms with E-state index in [0.29, 0.717) is 48.9 Å². The lowest BCUT2D eigenvalue weighted by Gasteiger charge is -2.42. The number of ether oxygens (including phenoxy) is 3. The second-order valence-corrected chi connectivity index (χ2v) is 9.67. The normalized spacial score (nSPS) is 20.1. The summed E-state index contributed by atoms with van der Waals surface area (Å²) in [5.41, 5.74) is 0.0254. The fourth-order valence-electron chi connectivity index (χ4n) is 4.58. The lowest BCUT2D eigenvalue weighted by atomic mass is 9.90. The van der Waals surface area contributed by atoms with Crippen LogP contribution in [0, 0.1) is 19.7 Å². The minimum atomic E-state index is -1.45. The first kappa shape index (κ1) is 26.9. The van der Waals surface area contributed by atoms with Gasteiger partial charge in [0, 0.05) is 38.6 Å². The van der Waals surface area contributed by atoms with Crippen molar-refractivity contribution in [2.45, 2.75) is 51.5 Å². The van der Waals surface area contributed by atoms with Crippen LogP contribution < -0.4 is 14.2 Å². The molecule has 2 N–H and O–H groups in total. The second kappa shape index (κ2) is 11.9. The molecule has 1 aromatic heterocycles. The Kier molecular flexibility index (Phi) is 8.68. The third-order valence-corrected chi connectivity index (χ3v) is 6.81. The van der Waals surface area contributed by atoms with Gasteiger partial charge in [-0.05, 0) is 68.1 Å². The maximum Gasteiger partial charge on any atom is 0.161 e. The lowest BCUT2D eigenvalue weighted by Crippen LogP contribution is -2.59. The van der Waals surface area contributed by atoms with Gasteiger partial charge in [0.05, 0.1) is 19.8 Å². The summed E-state index contributed by atoms with van der Waals surface area (Å²) in [6, 6.07) is 10.3. The standard InChI is InChI=1S/C28H36FN3O5/c1-20-15-23(6-7-24(20)29)37-19-28(34)18-31(12-9-27(28)33)17-22-5-8-25(35-3)26(16-22)36-14-4-11-32-13-10-30-21(32)2/h5-8,10,13,15-16,27,33-34H,4,9,11-12,14,17-19H2,1-3H3/t27-,28-/m0/s1. The van der Waals surface area contributed by atoms with Crippen molar-refractivity contribution in [3.05, 3.63) is 71.6 Å². The average Bonchev–Trinajstić information content (AvgIpc) is 3.29. The number of likely N-dealkylation sites (tertiary alicyclic amines) is 1. The maximum atomic E-state index is 13.6. The summed E-state index contributed by atoms with van der Waals surface area (Å²) in [4.78, 5) is 6.32. The average molecular weight is 514 g/mol. The number of hydrogen-bond acceptors (Lipinski definition) is 7. The zero-order valence-electron chi connectivity index (χ0n) is 21.7. The van der Waals surface area contributed by atoms with Crippen molar-refractivity contribution in [1.29, 1.82) is 0 Å². The molecular weight excluding hydrogens is 477 g/mol. The number of halogens is 1. The Balaban J connectivity index is 1.35. The Morgan fingerprint density at radius 3 is 2.70 bits per heavy atom.